The molecule has 156 valence electrons. The van der Waals surface area contributed by atoms with Crippen LogP contribution in [0.4, 0.5) is 23.2 Å². The number of hydroxylamine groups is 1. The molecule has 2 aromatic carbocycles. The lowest BCUT2D eigenvalue weighted by Crippen LogP contribution is -2.25. The number of hydrogen-bond acceptors (Lipinski definition) is 4. The zero-order valence-corrected chi connectivity index (χ0v) is 15.5. The zero-order valence-electron chi connectivity index (χ0n) is 15.5. The second-order valence-electron chi connectivity index (χ2n) is 6.24. The molecule has 0 radical (unpaired) electrons. The number of para-hydroxylation sites is 1. The van der Waals surface area contributed by atoms with Crippen molar-refractivity contribution in [2.75, 3.05) is 5.32 Å². The summed E-state index contributed by atoms with van der Waals surface area (Å²) in [5, 5.41) is 3.10. The van der Waals surface area contributed by atoms with Gasteiger partial charge in [0, 0.05) is 30.2 Å². The zero-order chi connectivity index (χ0) is 21.6. The van der Waals surface area contributed by atoms with Gasteiger partial charge in [0.2, 0.25) is 0 Å². The number of aromatic nitrogens is 1. The van der Waals surface area contributed by atoms with E-state index in [9.17, 15) is 22.4 Å². The largest absolute Gasteiger partial charge is 0.416 e. The fraction of sp³-hybridized carbons (Fsp3) is 0.143. The normalized spacial score (nSPS) is 11.2. The molecule has 9 heteroatoms. The highest BCUT2D eigenvalue weighted by Crippen LogP contribution is 2.33. The standard InChI is InChI=1S/C21H17F4N3O2/c22-18-6-3-5-17(21(23,24)25)16(18)13-30-28-20(29)15-4-1-2-7-19(15)27-12-14-8-10-26-11-9-14/h1-11,27H,12-13H2,(H,28,29). The van der Waals surface area contributed by atoms with E-state index in [1.165, 1.54) is 6.07 Å². The Morgan fingerprint density at radius 3 is 2.47 bits per heavy atom. The molecule has 0 saturated heterocycles. The molecule has 0 atom stereocenters. The Morgan fingerprint density at radius 2 is 1.73 bits per heavy atom. The lowest BCUT2D eigenvalue weighted by molar-refractivity contribution is -0.139. The van der Waals surface area contributed by atoms with Crippen molar-refractivity contribution in [3.05, 3.63) is 95.1 Å². The second-order valence-corrected chi connectivity index (χ2v) is 6.24. The predicted molar refractivity (Wildman–Crippen MR) is 102 cm³/mol. The quantitative estimate of drug-likeness (QED) is 0.430. The van der Waals surface area contributed by atoms with Crippen molar-refractivity contribution in [1.29, 1.82) is 0 Å². The number of alkyl halides is 3. The summed E-state index contributed by atoms with van der Waals surface area (Å²) >= 11 is 0. The van der Waals surface area contributed by atoms with Gasteiger partial charge in [-0.3, -0.25) is 14.6 Å². The van der Waals surface area contributed by atoms with E-state index in [1.807, 2.05) is 12.1 Å². The highest BCUT2D eigenvalue weighted by atomic mass is 19.4. The van der Waals surface area contributed by atoms with Crippen LogP contribution in [0.2, 0.25) is 0 Å². The number of nitrogens with one attached hydrogen (secondary N) is 2. The van der Waals surface area contributed by atoms with Crippen LogP contribution in [-0.2, 0) is 24.2 Å². The lowest BCUT2D eigenvalue weighted by Gasteiger charge is -2.15. The van der Waals surface area contributed by atoms with E-state index in [0.717, 1.165) is 23.8 Å². The molecule has 0 aliphatic rings. The van der Waals surface area contributed by atoms with Gasteiger partial charge in [0.25, 0.3) is 5.91 Å². The third-order valence-corrected chi connectivity index (χ3v) is 4.21. The van der Waals surface area contributed by atoms with Crippen LogP contribution in [0.5, 0.6) is 0 Å². The Kier molecular flexibility index (Phi) is 6.63. The first-order valence-electron chi connectivity index (χ1n) is 8.85. The van der Waals surface area contributed by atoms with E-state index in [0.29, 0.717) is 12.2 Å². The predicted octanol–water partition coefficient (Wildman–Crippen LogP) is 4.71. The lowest BCUT2D eigenvalue weighted by atomic mass is 10.1. The third-order valence-electron chi connectivity index (χ3n) is 4.21. The first kappa shape index (κ1) is 21.3. The molecule has 3 aromatic rings. The van der Waals surface area contributed by atoms with Crippen molar-refractivity contribution in [3.63, 3.8) is 0 Å². The minimum Gasteiger partial charge on any atom is -0.380 e. The average Bonchev–Trinajstić information content (AvgIpc) is 2.73. The summed E-state index contributed by atoms with van der Waals surface area (Å²) in [6.45, 7) is -0.349. The number of benzene rings is 2. The molecule has 1 heterocycles. The minimum atomic E-state index is -4.74. The van der Waals surface area contributed by atoms with E-state index >= 15 is 0 Å². The van der Waals surface area contributed by atoms with Crippen molar-refractivity contribution in [2.45, 2.75) is 19.3 Å². The summed E-state index contributed by atoms with van der Waals surface area (Å²) in [7, 11) is 0. The molecule has 0 aliphatic carbocycles. The molecular weight excluding hydrogens is 402 g/mol. The molecule has 1 aromatic heterocycles. The van der Waals surface area contributed by atoms with Gasteiger partial charge < -0.3 is 5.32 Å². The van der Waals surface area contributed by atoms with E-state index in [2.05, 4.69) is 15.8 Å². The number of hydrogen-bond donors (Lipinski definition) is 2. The summed E-state index contributed by atoms with van der Waals surface area (Å²) in [6.07, 6.45) is -1.46. The summed E-state index contributed by atoms with van der Waals surface area (Å²) < 4.78 is 53.0. The molecule has 0 fully saturated rings. The highest BCUT2D eigenvalue weighted by molar-refractivity contribution is 5.99. The number of anilines is 1. The van der Waals surface area contributed by atoms with E-state index < -0.39 is 35.6 Å². The Balaban J connectivity index is 1.65. The van der Waals surface area contributed by atoms with Gasteiger partial charge in [0.1, 0.15) is 12.4 Å². The molecular formula is C21H17F4N3O2. The Labute approximate surface area is 169 Å². The van der Waals surface area contributed by atoms with Gasteiger partial charge in [0.15, 0.2) is 0 Å². The van der Waals surface area contributed by atoms with Crippen LogP contribution in [0.3, 0.4) is 0 Å². The van der Waals surface area contributed by atoms with Crippen LogP contribution >= 0.6 is 0 Å². The number of rotatable bonds is 7. The monoisotopic (exact) mass is 419 g/mol. The molecule has 3 rings (SSSR count). The van der Waals surface area contributed by atoms with E-state index in [1.54, 1.807) is 30.6 Å². The number of carbonyl (C=O) groups excluding carboxylic acids is 1. The maximum atomic E-state index is 13.8. The van der Waals surface area contributed by atoms with Crippen LogP contribution in [0.25, 0.3) is 0 Å². The maximum absolute atomic E-state index is 13.8. The van der Waals surface area contributed by atoms with Crippen molar-refractivity contribution in [3.8, 4) is 0 Å². The SMILES string of the molecule is O=C(NOCc1c(F)cccc1C(F)(F)F)c1ccccc1NCc1ccncc1. The van der Waals surface area contributed by atoms with Crippen molar-refractivity contribution in [2.24, 2.45) is 0 Å². The number of amides is 1. The maximum Gasteiger partial charge on any atom is 0.416 e. The molecule has 2 N–H and O–H groups in total. The van der Waals surface area contributed by atoms with Crippen LogP contribution in [-0.4, -0.2) is 10.9 Å². The summed E-state index contributed by atoms with van der Waals surface area (Å²) in [5.74, 6) is -1.75. The van der Waals surface area contributed by atoms with Crippen LogP contribution in [0.15, 0.2) is 67.0 Å². The van der Waals surface area contributed by atoms with Crippen molar-refractivity contribution >= 4 is 11.6 Å². The third kappa shape index (κ3) is 5.32. The number of pyridine rings is 1. The fourth-order valence-electron chi connectivity index (χ4n) is 2.73. The number of carbonyl (C=O) groups is 1. The molecule has 0 bridgehead atoms. The molecule has 0 saturated carbocycles. The van der Waals surface area contributed by atoms with Gasteiger partial charge in [0.05, 0.1) is 11.1 Å². The first-order valence-corrected chi connectivity index (χ1v) is 8.85. The Morgan fingerprint density at radius 1 is 1.00 bits per heavy atom. The Bertz CT molecular complexity index is 1010. The molecule has 30 heavy (non-hydrogen) atoms. The first-order chi connectivity index (χ1) is 14.4. The number of halogens is 4. The van der Waals surface area contributed by atoms with Crippen LogP contribution in [0, 0.1) is 5.82 Å². The minimum absolute atomic E-state index is 0.219. The Hall–Kier alpha value is -3.46. The van der Waals surface area contributed by atoms with Gasteiger partial charge in [-0.1, -0.05) is 18.2 Å². The smallest absolute Gasteiger partial charge is 0.380 e. The van der Waals surface area contributed by atoms with Crippen LogP contribution < -0.4 is 10.8 Å². The summed E-state index contributed by atoms with van der Waals surface area (Å²) in [6, 6.07) is 12.8. The fourth-order valence-corrected chi connectivity index (χ4v) is 2.73. The van der Waals surface area contributed by atoms with Gasteiger partial charge >= 0.3 is 6.18 Å². The summed E-state index contributed by atoms with van der Waals surface area (Å²) in [5.41, 5.74) is 1.88. The van der Waals surface area contributed by atoms with Gasteiger partial charge in [-0.05, 0) is 42.0 Å². The molecule has 0 aliphatic heterocycles. The van der Waals surface area contributed by atoms with Gasteiger partial charge in [-0.2, -0.15) is 13.2 Å². The van der Waals surface area contributed by atoms with Crippen molar-refractivity contribution in [1.82, 2.24) is 10.5 Å². The van der Waals surface area contributed by atoms with Gasteiger partial charge in [-0.15, -0.1) is 0 Å². The van der Waals surface area contributed by atoms with Crippen molar-refractivity contribution < 1.29 is 27.2 Å². The molecule has 0 unspecified atom stereocenters. The summed E-state index contributed by atoms with van der Waals surface area (Å²) in [4.78, 5) is 21.3. The average molecular weight is 419 g/mol. The highest BCUT2D eigenvalue weighted by Gasteiger charge is 2.34. The topological polar surface area (TPSA) is 63.2 Å². The molecule has 5 nitrogen and oxygen atoms in total. The van der Waals surface area contributed by atoms with Gasteiger partial charge in [-0.25, -0.2) is 9.87 Å². The molecule has 0 spiro atoms. The van der Waals surface area contributed by atoms with E-state index in [4.69, 9.17) is 4.84 Å². The van der Waals surface area contributed by atoms with E-state index in [-0.39, 0.29) is 5.56 Å². The van der Waals surface area contributed by atoms with Crippen LogP contribution in [0.1, 0.15) is 27.0 Å². The second kappa shape index (κ2) is 9.36. The molecule has 1 amide bonds. The number of nitrogens with zero attached hydrogens (tertiary/aromatic N) is 1.